The van der Waals surface area contributed by atoms with E-state index >= 15 is 0 Å². The van der Waals surface area contributed by atoms with E-state index < -0.39 is 0 Å². The van der Waals surface area contributed by atoms with Crippen molar-refractivity contribution < 1.29 is 9.18 Å². The Balaban J connectivity index is 1.34. The van der Waals surface area contributed by atoms with Gasteiger partial charge in [0.05, 0.1) is 12.1 Å². The molecule has 2 aromatic heterocycles. The zero-order chi connectivity index (χ0) is 24.8. The van der Waals surface area contributed by atoms with Crippen LogP contribution >= 0.6 is 22.9 Å². The highest BCUT2D eigenvalue weighted by atomic mass is 35.5. The molecule has 0 spiro atoms. The topological polar surface area (TPSA) is 73.1 Å². The molecule has 2 heterocycles. The van der Waals surface area contributed by atoms with E-state index in [0.717, 1.165) is 11.1 Å². The summed E-state index contributed by atoms with van der Waals surface area (Å²) in [5.41, 5.74) is 1.77. The van der Waals surface area contributed by atoms with E-state index in [-0.39, 0.29) is 23.0 Å². The lowest BCUT2D eigenvalue weighted by molar-refractivity contribution is -0.121. The third-order valence-corrected chi connectivity index (χ3v) is 6.92. The van der Waals surface area contributed by atoms with E-state index in [2.05, 4.69) is 5.32 Å². The highest BCUT2D eigenvalue weighted by Gasteiger charge is 2.14. The Morgan fingerprint density at radius 3 is 2.37 bits per heavy atom. The first-order chi connectivity index (χ1) is 16.9. The van der Waals surface area contributed by atoms with E-state index in [0.29, 0.717) is 60.6 Å². The molecule has 2 aromatic carbocycles. The zero-order valence-corrected chi connectivity index (χ0v) is 20.6. The predicted octanol–water partition coefficient (Wildman–Crippen LogP) is 4.94. The number of amides is 1. The van der Waals surface area contributed by atoms with Crippen molar-refractivity contribution in [3.8, 4) is 0 Å². The smallest absolute Gasteiger partial charge is 0.331 e. The Bertz CT molecular complexity index is 1430. The number of carbonyl (C=O) groups excluding carboxylic acids is 1. The second kappa shape index (κ2) is 11.5. The summed E-state index contributed by atoms with van der Waals surface area (Å²) < 4.78 is 16.4. The monoisotopic (exact) mass is 513 g/mol. The van der Waals surface area contributed by atoms with Crippen LogP contribution in [-0.2, 0) is 24.4 Å². The first-order valence-corrected chi connectivity index (χ1v) is 12.6. The average Bonchev–Trinajstić information content (AvgIpc) is 3.34. The maximum absolute atomic E-state index is 13.2. The van der Waals surface area contributed by atoms with Crippen molar-refractivity contribution in [2.24, 2.45) is 0 Å². The molecule has 1 N–H and O–H groups in total. The van der Waals surface area contributed by atoms with Gasteiger partial charge in [-0.05, 0) is 59.7 Å². The number of hydrogen-bond acceptors (Lipinski definition) is 4. The molecule has 0 atom stereocenters. The van der Waals surface area contributed by atoms with E-state index in [1.54, 1.807) is 34.9 Å². The third-order valence-electron chi connectivity index (χ3n) is 5.78. The van der Waals surface area contributed by atoms with Crippen LogP contribution in [0.25, 0.3) is 10.2 Å². The highest BCUT2D eigenvalue weighted by Crippen LogP contribution is 2.17. The molecule has 0 unspecified atom stereocenters. The summed E-state index contributed by atoms with van der Waals surface area (Å²) in [4.78, 5) is 38.2. The lowest BCUT2D eigenvalue weighted by Crippen LogP contribution is -2.39. The van der Waals surface area contributed by atoms with Gasteiger partial charge in [-0.2, -0.15) is 0 Å². The molecule has 0 saturated carbocycles. The highest BCUT2D eigenvalue weighted by molar-refractivity contribution is 7.17. The van der Waals surface area contributed by atoms with E-state index in [4.69, 9.17) is 11.6 Å². The number of nitrogens with one attached hydrogen (secondary N) is 1. The average molecular weight is 514 g/mol. The van der Waals surface area contributed by atoms with Crippen LogP contribution in [0.5, 0.6) is 0 Å². The van der Waals surface area contributed by atoms with Gasteiger partial charge < -0.3 is 5.32 Å². The number of rotatable bonds is 10. The number of hydrogen-bond donors (Lipinski definition) is 1. The number of unbranched alkanes of at least 4 members (excludes halogenated alkanes) is 2. The van der Waals surface area contributed by atoms with E-state index in [1.165, 1.54) is 28.0 Å². The van der Waals surface area contributed by atoms with Crippen molar-refractivity contribution >= 4 is 39.1 Å². The molecule has 9 heteroatoms. The molecule has 0 fully saturated rings. The van der Waals surface area contributed by atoms with Gasteiger partial charge >= 0.3 is 5.69 Å². The molecule has 1 amide bonds. The summed E-state index contributed by atoms with van der Waals surface area (Å²) >= 11 is 7.30. The number of carbonyl (C=O) groups is 1. The summed E-state index contributed by atoms with van der Waals surface area (Å²) in [6.07, 6.45) is 2.30. The number of fused-ring (bicyclic) bond motifs is 1. The van der Waals surface area contributed by atoms with Crippen LogP contribution < -0.4 is 16.6 Å². The molecule has 0 aliphatic heterocycles. The minimum atomic E-state index is -0.340. The quantitative estimate of drug-likeness (QED) is 0.305. The predicted molar refractivity (Wildman–Crippen MR) is 138 cm³/mol. The molecule has 182 valence electrons. The first kappa shape index (κ1) is 24.9. The lowest BCUT2D eigenvalue weighted by Gasteiger charge is -2.12. The van der Waals surface area contributed by atoms with Gasteiger partial charge in [0.25, 0.3) is 5.56 Å². The van der Waals surface area contributed by atoms with Crippen LogP contribution in [0.3, 0.4) is 0 Å². The third kappa shape index (κ3) is 6.26. The van der Waals surface area contributed by atoms with Crippen molar-refractivity contribution in [1.82, 2.24) is 14.5 Å². The molecule has 4 rings (SSSR count). The fourth-order valence-electron chi connectivity index (χ4n) is 3.88. The number of nitrogens with zero attached hydrogens (tertiary/aromatic N) is 2. The summed E-state index contributed by atoms with van der Waals surface area (Å²) in [5.74, 6) is -0.397. The lowest BCUT2D eigenvalue weighted by atomic mass is 10.1. The van der Waals surface area contributed by atoms with Gasteiger partial charge in [0.15, 0.2) is 0 Å². The number of halogens is 2. The number of benzene rings is 2. The van der Waals surface area contributed by atoms with Gasteiger partial charge in [-0.15, -0.1) is 11.3 Å². The molecule has 0 bridgehead atoms. The molecule has 6 nitrogen and oxygen atoms in total. The summed E-state index contributed by atoms with van der Waals surface area (Å²) in [6, 6.07) is 15.1. The van der Waals surface area contributed by atoms with Crippen LogP contribution in [0, 0.1) is 5.82 Å². The Morgan fingerprint density at radius 2 is 1.63 bits per heavy atom. The molecule has 0 aliphatic carbocycles. The Labute approximate surface area is 210 Å². The van der Waals surface area contributed by atoms with Crippen molar-refractivity contribution in [1.29, 1.82) is 0 Å². The van der Waals surface area contributed by atoms with Gasteiger partial charge in [0.2, 0.25) is 5.91 Å². The molecule has 0 radical (unpaired) electrons. The van der Waals surface area contributed by atoms with Gasteiger partial charge in [0.1, 0.15) is 10.5 Å². The molecule has 0 aliphatic rings. The molecule has 35 heavy (non-hydrogen) atoms. The van der Waals surface area contributed by atoms with Crippen LogP contribution in [0.2, 0.25) is 5.02 Å². The second-order valence-electron chi connectivity index (χ2n) is 8.30. The zero-order valence-electron chi connectivity index (χ0n) is 19.0. The minimum absolute atomic E-state index is 0.0863. The van der Waals surface area contributed by atoms with Crippen molar-refractivity contribution in [3.05, 3.63) is 103 Å². The van der Waals surface area contributed by atoms with Gasteiger partial charge in [-0.25, -0.2) is 9.18 Å². The van der Waals surface area contributed by atoms with Crippen LogP contribution in [0.1, 0.15) is 36.8 Å². The second-order valence-corrected chi connectivity index (χ2v) is 9.65. The van der Waals surface area contributed by atoms with Gasteiger partial charge in [0, 0.05) is 24.5 Å². The molecular weight excluding hydrogens is 489 g/mol. The van der Waals surface area contributed by atoms with E-state index in [9.17, 15) is 18.8 Å². The summed E-state index contributed by atoms with van der Waals surface area (Å²) in [6.45, 7) is 0.990. The fraction of sp³-hybridized carbons (Fsp3) is 0.269. The van der Waals surface area contributed by atoms with Crippen molar-refractivity contribution in [3.63, 3.8) is 0 Å². The van der Waals surface area contributed by atoms with Crippen LogP contribution in [0.4, 0.5) is 4.39 Å². The summed E-state index contributed by atoms with van der Waals surface area (Å²) in [7, 11) is 0. The minimum Gasteiger partial charge on any atom is -0.352 e. The standard InChI is InChI=1S/C26H25ClFN3O3S/c27-20-9-5-19(6-10-20)17-31-22-13-15-35-24(22)25(33)30(26(31)34)14-3-1-2-4-23(32)29-16-18-7-11-21(28)12-8-18/h5-13,15H,1-4,14,16-17H2,(H,29,32). The maximum Gasteiger partial charge on any atom is 0.331 e. The Hall–Kier alpha value is -3.23. The van der Waals surface area contributed by atoms with E-state index in [1.807, 2.05) is 17.5 Å². The van der Waals surface area contributed by atoms with Crippen LogP contribution in [-0.4, -0.2) is 15.0 Å². The Morgan fingerprint density at radius 1 is 0.914 bits per heavy atom. The number of aromatic nitrogens is 2. The number of thiophene rings is 1. The van der Waals surface area contributed by atoms with Crippen molar-refractivity contribution in [2.45, 2.75) is 45.3 Å². The molecular formula is C26H25ClFN3O3S. The van der Waals surface area contributed by atoms with Gasteiger partial charge in [-0.1, -0.05) is 42.3 Å². The Kier molecular flexibility index (Phi) is 8.15. The largest absolute Gasteiger partial charge is 0.352 e. The SMILES string of the molecule is O=C(CCCCCn1c(=O)c2sccc2n(Cc2ccc(Cl)cc2)c1=O)NCc1ccc(F)cc1. The summed E-state index contributed by atoms with van der Waals surface area (Å²) in [5, 5.41) is 5.26. The van der Waals surface area contributed by atoms with Gasteiger partial charge in [-0.3, -0.25) is 18.7 Å². The molecule has 4 aromatic rings. The maximum atomic E-state index is 13.2. The fourth-order valence-corrected chi connectivity index (χ4v) is 4.85. The normalized spacial score (nSPS) is 11.1. The molecule has 0 saturated heterocycles. The first-order valence-electron chi connectivity index (χ1n) is 11.4. The van der Waals surface area contributed by atoms with Crippen LogP contribution in [0.15, 0.2) is 69.6 Å². The van der Waals surface area contributed by atoms with Crippen molar-refractivity contribution in [2.75, 3.05) is 0 Å².